The van der Waals surface area contributed by atoms with Crippen molar-refractivity contribution in [3.05, 3.63) is 107 Å². The summed E-state index contributed by atoms with van der Waals surface area (Å²) in [5.74, 6) is -0.868. The van der Waals surface area contributed by atoms with Crippen molar-refractivity contribution in [3.8, 4) is 0 Å². The first kappa shape index (κ1) is 21.7. The Bertz CT molecular complexity index is 1200. The Morgan fingerprint density at radius 2 is 1.66 bits per heavy atom. The number of allylic oxidation sites excluding steroid dienone is 4. The number of carboxylic acid groups (broad SMARTS) is 1. The minimum absolute atomic E-state index is 0.0499. The van der Waals surface area contributed by atoms with Crippen LogP contribution in [0.15, 0.2) is 85.0 Å². The first-order valence-corrected chi connectivity index (χ1v) is 10.9. The number of hydrogen-bond donors (Lipinski definition) is 2. The van der Waals surface area contributed by atoms with E-state index in [-0.39, 0.29) is 16.9 Å². The molecular weight excluding hydrogens is 393 g/mol. The highest BCUT2D eigenvalue weighted by Gasteiger charge is 2.22. The Hall–Kier alpha value is -3.53. The Morgan fingerprint density at radius 1 is 0.969 bits per heavy atom. The average molecular weight is 421 g/mol. The van der Waals surface area contributed by atoms with E-state index in [0.29, 0.717) is 0 Å². The summed E-state index contributed by atoms with van der Waals surface area (Å²) in [6.45, 7) is 6.66. The van der Waals surface area contributed by atoms with Crippen LogP contribution in [0.5, 0.6) is 0 Å². The summed E-state index contributed by atoms with van der Waals surface area (Å²) < 4.78 is 0. The summed E-state index contributed by atoms with van der Waals surface area (Å²) in [4.78, 5) is 11.2. The van der Waals surface area contributed by atoms with Crippen molar-refractivity contribution in [2.75, 3.05) is 5.73 Å². The van der Waals surface area contributed by atoms with Gasteiger partial charge in [-0.3, -0.25) is 0 Å². The average Bonchev–Trinajstić information content (AvgIpc) is 3.24. The molecule has 0 radical (unpaired) electrons. The van der Waals surface area contributed by atoms with E-state index in [4.69, 9.17) is 5.73 Å². The Kier molecular flexibility index (Phi) is 5.79. The molecule has 0 amide bonds. The van der Waals surface area contributed by atoms with Gasteiger partial charge in [0.1, 0.15) is 0 Å². The molecule has 1 unspecified atom stereocenters. The van der Waals surface area contributed by atoms with Crippen LogP contribution < -0.4 is 16.7 Å². The molecule has 1 atom stereocenters. The van der Waals surface area contributed by atoms with E-state index in [2.05, 4.69) is 75.4 Å². The van der Waals surface area contributed by atoms with Crippen LogP contribution in [0.1, 0.15) is 53.7 Å². The molecule has 3 aromatic carbocycles. The van der Waals surface area contributed by atoms with Gasteiger partial charge in [0, 0.05) is 11.6 Å². The van der Waals surface area contributed by atoms with E-state index in [1.165, 1.54) is 11.0 Å². The van der Waals surface area contributed by atoms with E-state index in [0.717, 1.165) is 35.1 Å². The van der Waals surface area contributed by atoms with Gasteiger partial charge in [0.05, 0.1) is 5.56 Å². The molecule has 160 valence electrons. The molecule has 0 saturated carbocycles. The molecule has 0 aliphatic heterocycles. The SMILES string of the molecule is CC(C)(C)c1ccc(Bc2cccc(C3C=CC=C3c3ccc(C(=O)O)cc3)c2N)cc1. The van der Waals surface area contributed by atoms with E-state index < -0.39 is 5.97 Å². The molecule has 3 nitrogen and oxygen atoms in total. The minimum atomic E-state index is -0.917. The van der Waals surface area contributed by atoms with E-state index in [1.54, 1.807) is 12.1 Å². The quantitative estimate of drug-likeness (QED) is 0.475. The number of nitrogen functional groups attached to an aromatic ring is 1. The van der Waals surface area contributed by atoms with Gasteiger partial charge in [-0.2, -0.15) is 0 Å². The largest absolute Gasteiger partial charge is 0.478 e. The lowest BCUT2D eigenvalue weighted by molar-refractivity contribution is 0.0697. The third-order valence-corrected chi connectivity index (χ3v) is 6.16. The van der Waals surface area contributed by atoms with Gasteiger partial charge in [0.25, 0.3) is 0 Å². The zero-order valence-corrected chi connectivity index (χ0v) is 18.8. The van der Waals surface area contributed by atoms with E-state index in [1.807, 2.05) is 18.2 Å². The molecule has 0 fully saturated rings. The Morgan fingerprint density at radius 3 is 2.28 bits per heavy atom. The molecule has 4 rings (SSSR count). The molecule has 0 heterocycles. The second-order valence-electron chi connectivity index (χ2n) is 9.41. The van der Waals surface area contributed by atoms with Gasteiger partial charge in [-0.1, -0.05) is 105 Å². The number of para-hydroxylation sites is 1. The number of carboxylic acids is 1. The van der Waals surface area contributed by atoms with Gasteiger partial charge in [-0.25, -0.2) is 4.79 Å². The van der Waals surface area contributed by atoms with Crippen LogP contribution in [0.3, 0.4) is 0 Å². The molecule has 0 aromatic heterocycles. The second kappa shape index (κ2) is 8.54. The fourth-order valence-corrected chi connectivity index (χ4v) is 4.23. The fourth-order valence-electron chi connectivity index (χ4n) is 4.23. The highest BCUT2D eigenvalue weighted by atomic mass is 16.4. The van der Waals surface area contributed by atoms with Crippen LogP contribution in [-0.2, 0) is 5.41 Å². The van der Waals surface area contributed by atoms with Crippen molar-refractivity contribution >= 4 is 35.4 Å². The zero-order chi connectivity index (χ0) is 22.9. The van der Waals surface area contributed by atoms with Gasteiger partial charge in [-0.05, 0) is 39.8 Å². The number of nitrogens with two attached hydrogens (primary N) is 1. The van der Waals surface area contributed by atoms with E-state index >= 15 is 0 Å². The normalized spacial score (nSPS) is 15.5. The molecule has 3 N–H and O–H groups in total. The summed E-state index contributed by atoms with van der Waals surface area (Å²) in [6.07, 6.45) is 6.27. The molecule has 0 bridgehead atoms. The number of rotatable bonds is 5. The van der Waals surface area contributed by atoms with Crippen LogP contribution in [-0.4, -0.2) is 18.4 Å². The molecule has 32 heavy (non-hydrogen) atoms. The topological polar surface area (TPSA) is 63.3 Å². The first-order chi connectivity index (χ1) is 15.2. The lowest BCUT2D eigenvalue weighted by atomic mass is 9.62. The van der Waals surface area contributed by atoms with Gasteiger partial charge in [0.15, 0.2) is 7.28 Å². The summed E-state index contributed by atoms with van der Waals surface area (Å²) in [6, 6.07) is 22.1. The monoisotopic (exact) mass is 421 g/mol. The number of carbonyl (C=O) groups is 1. The van der Waals surface area contributed by atoms with E-state index in [9.17, 15) is 9.90 Å². The maximum atomic E-state index is 11.2. The van der Waals surface area contributed by atoms with Gasteiger partial charge >= 0.3 is 5.97 Å². The third-order valence-electron chi connectivity index (χ3n) is 6.16. The lowest BCUT2D eigenvalue weighted by Gasteiger charge is -2.20. The van der Waals surface area contributed by atoms with Crippen molar-refractivity contribution in [3.63, 3.8) is 0 Å². The number of benzene rings is 3. The maximum Gasteiger partial charge on any atom is 0.335 e. The maximum absolute atomic E-state index is 11.2. The van der Waals surface area contributed by atoms with Gasteiger partial charge < -0.3 is 10.8 Å². The van der Waals surface area contributed by atoms with Crippen LogP contribution in [0.2, 0.25) is 0 Å². The molecule has 3 aromatic rings. The summed E-state index contributed by atoms with van der Waals surface area (Å²) in [5, 5.41) is 9.17. The smallest absolute Gasteiger partial charge is 0.335 e. The van der Waals surface area contributed by atoms with Crippen molar-refractivity contribution in [1.29, 1.82) is 0 Å². The van der Waals surface area contributed by atoms with Crippen LogP contribution in [0, 0.1) is 0 Å². The van der Waals surface area contributed by atoms with Crippen molar-refractivity contribution in [1.82, 2.24) is 0 Å². The highest BCUT2D eigenvalue weighted by Crippen LogP contribution is 2.39. The summed E-state index contributed by atoms with van der Waals surface area (Å²) >= 11 is 0. The van der Waals surface area contributed by atoms with Gasteiger partial charge in [-0.15, -0.1) is 0 Å². The number of aromatic carboxylic acids is 1. The van der Waals surface area contributed by atoms with Crippen LogP contribution >= 0.6 is 0 Å². The summed E-state index contributed by atoms with van der Waals surface area (Å²) in [7, 11) is 0.785. The number of hydrogen-bond acceptors (Lipinski definition) is 2. The van der Waals surface area contributed by atoms with Crippen molar-refractivity contribution in [2.45, 2.75) is 32.1 Å². The third kappa shape index (κ3) is 4.40. The van der Waals surface area contributed by atoms with Crippen LogP contribution in [0.25, 0.3) is 5.57 Å². The number of anilines is 1. The van der Waals surface area contributed by atoms with Crippen molar-refractivity contribution in [2.24, 2.45) is 0 Å². The Labute approximate surface area is 190 Å². The van der Waals surface area contributed by atoms with Crippen LogP contribution in [0.4, 0.5) is 5.69 Å². The molecule has 0 spiro atoms. The molecular formula is C28H28BNO2. The molecule has 1 aliphatic carbocycles. The minimum Gasteiger partial charge on any atom is -0.478 e. The highest BCUT2D eigenvalue weighted by molar-refractivity contribution is 6.68. The standard InChI is InChI=1S/C28H28BNO2/c1-28(2,3)20-14-16-21(17-15-20)29-25-9-5-8-24(26(25)30)23-7-4-6-22(23)18-10-12-19(13-11-18)27(31)32/h4-17,23,29H,30H2,1-3H3,(H,31,32). The molecule has 0 saturated heterocycles. The lowest BCUT2D eigenvalue weighted by Crippen LogP contribution is -2.30. The molecule has 1 aliphatic rings. The summed E-state index contributed by atoms with van der Waals surface area (Å²) in [5.41, 5.74) is 14.8. The van der Waals surface area contributed by atoms with Crippen molar-refractivity contribution < 1.29 is 9.90 Å². The fraction of sp³-hybridized carbons (Fsp3) is 0.179. The van der Waals surface area contributed by atoms with Gasteiger partial charge in [0.2, 0.25) is 0 Å². The predicted molar refractivity (Wildman–Crippen MR) is 136 cm³/mol. The first-order valence-electron chi connectivity index (χ1n) is 10.9. The zero-order valence-electron chi connectivity index (χ0n) is 18.8. The second-order valence-corrected chi connectivity index (χ2v) is 9.41. The molecule has 4 heteroatoms. The Balaban J connectivity index is 1.60. The predicted octanol–water partition coefficient (Wildman–Crippen LogP) is 4.39.